The van der Waals surface area contributed by atoms with Crippen LogP contribution in [0.25, 0.3) is 0 Å². The highest BCUT2D eigenvalue weighted by Crippen LogP contribution is 2.05. The second kappa shape index (κ2) is 9.30. The molecule has 0 bridgehead atoms. The van der Waals surface area contributed by atoms with E-state index in [-0.39, 0.29) is 5.91 Å². The van der Waals surface area contributed by atoms with Crippen LogP contribution in [0.2, 0.25) is 0 Å². The highest BCUT2D eigenvalue weighted by atomic mass is 16.5. The third kappa shape index (κ3) is 6.74. The molecular formula is C14H23N3O2. The monoisotopic (exact) mass is 265 g/mol. The molecule has 1 heterocycles. The molecule has 1 rings (SSSR count). The van der Waals surface area contributed by atoms with Crippen molar-refractivity contribution in [3.8, 4) is 6.01 Å². The van der Waals surface area contributed by atoms with Crippen molar-refractivity contribution in [1.29, 1.82) is 0 Å². The molecule has 0 aromatic carbocycles. The van der Waals surface area contributed by atoms with Gasteiger partial charge in [0.2, 0.25) is 5.91 Å². The second-order valence-electron chi connectivity index (χ2n) is 4.36. The molecule has 0 unspecified atom stereocenters. The van der Waals surface area contributed by atoms with Gasteiger partial charge < -0.3 is 10.1 Å². The predicted octanol–water partition coefficient (Wildman–Crippen LogP) is 2.11. The summed E-state index contributed by atoms with van der Waals surface area (Å²) in [4.78, 5) is 19.7. The Morgan fingerprint density at radius 1 is 1.26 bits per heavy atom. The first-order valence-electron chi connectivity index (χ1n) is 6.96. The average Bonchev–Trinajstić information content (AvgIpc) is 2.43. The van der Waals surface area contributed by atoms with Gasteiger partial charge in [0.25, 0.3) is 0 Å². The van der Waals surface area contributed by atoms with Crippen molar-refractivity contribution in [2.45, 2.75) is 46.0 Å². The van der Waals surface area contributed by atoms with Crippen LogP contribution in [0.4, 0.5) is 0 Å². The van der Waals surface area contributed by atoms with Crippen molar-refractivity contribution in [2.75, 3.05) is 13.2 Å². The molecular weight excluding hydrogens is 242 g/mol. The molecule has 5 nitrogen and oxygen atoms in total. The van der Waals surface area contributed by atoms with Crippen LogP contribution in [0.1, 0.15) is 45.1 Å². The number of aryl methyl sites for hydroxylation is 1. The van der Waals surface area contributed by atoms with Crippen LogP contribution in [0, 0.1) is 0 Å². The molecule has 0 atom stereocenters. The molecule has 0 saturated heterocycles. The molecule has 1 aromatic heterocycles. The van der Waals surface area contributed by atoms with E-state index in [2.05, 4.69) is 22.2 Å². The highest BCUT2D eigenvalue weighted by molar-refractivity contribution is 5.76. The summed E-state index contributed by atoms with van der Waals surface area (Å²) in [7, 11) is 0. The fraction of sp³-hybridized carbons (Fsp3) is 0.643. The second-order valence-corrected chi connectivity index (χ2v) is 4.36. The van der Waals surface area contributed by atoms with Crippen molar-refractivity contribution >= 4 is 5.91 Å². The van der Waals surface area contributed by atoms with E-state index in [0.717, 1.165) is 24.9 Å². The Balaban J connectivity index is 2.22. The lowest BCUT2D eigenvalue weighted by Gasteiger charge is -2.05. The zero-order valence-electron chi connectivity index (χ0n) is 11.8. The number of aromatic nitrogens is 2. The Morgan fingerprint density at radius 2 is 2.00 bits per heavy atom. The SMILES string of the molecule is CCCCCNC(=O)CCc1cnc(OCC)nc1. The number of unbranched alkanes of at least 4 members (excludes halogenated alkanes) is 2. The van der Waals surface area contributed by atoms with Gasteiger partial charge in [0.15, 0.2) is 0 Å². The van der Waals surface area contributed by atoms with E-state index in [1.165, 1.54) is 6.42 Å². The van der Waals surface area contributed by atoms with Gasteiger partial charge in [0.1, 0.15) is 0 Å². The molecule has 0 radical (unpaired) electrons. The first kappa shape index (κ1) is 15.4. The number of hydrogen-bond donors (Lipinski definition) is 1. The topological polar surface area (TPSA) is 64.1 Å². The molecule has 1 N–H and O–H groups in total. The zero-order valence-corrected chi connectivity index (χ0v) is 11.8. The summed E-state index contributed by atoms with van der Waals surface area (Å²) >= 11 is 0. The van der Waals surface area contributed by atoms with Gasteiger partial charge in [0, 0.05) is 25.4 Å². The minimum Gasteiger partial charge on any atom is -0.464 e. The summed E-state index contributed by atoms with van der Waals surface area (Å²) < 4.78 is 5.16. The number of hydrogen-bond acceptors (Lipinski definition) is 4. The summed E-state index contributed by atoms with van der Waals surface area (Å²) in [6.07, 6.45) is 7.93. The molecule has 1 aromatic rings. The highest BCUT2D eigenvalue weighted by Gasteiger charge is 2.03. The minimum atomic E-state index is 0.0880. The average molecular weight is 265 g/mol. The maximum absolute atomic E-state index is 11.6. The van der Waals surface area contributed by atoms with Crippen LogP contribution in [0.3, 0.4) is 0 Å². The number of amides is 1. The standard InChI is InChI=1S/C14H23N3O2/c1-3-5-6-9-15-13(18)8-7-12-10-16-14(17-11-12)19-4-2/h10-11H,3-9H2,1-2H3,(H,15,18). The number of nitrogens with one attached hydrogen (secondary N) is 1. The normalized spacial score (nSPS) is 10.2. The maximum Gasteiger partial charge on any atom is 0.316 e. The zero-order chi connectivity index (χ0) is 13.9. The van der Waals surface area contributed by atoms with Gasteiger partial charge in [-0.05, 0) is 25.3 Å². The Kier molecular flexibility index (Phi) is 7.54. The molecule has 0 aliphatic carbocycles. The maximum atomic E-state index is 11.6. The molecule has 106 valence electrons. The summed E-state index contributed by atoms with van der Waals surface area (Å²) in [5.41, 5.74) is 0.951. The molecule has 5 heteroatoms. The van der Waals surface area contributed by atoms with Crippen molar-refractivity contribution in [2.24, 2.45) is 0 Å². The van der Waals surface area contributed by atoms with Crippen LogP contribution < -0.4 is 10.1 Å². The first-order chi connectivity index (χ1) is 9.26. The van der Waals surface area contributed by atoms with E-state index < -0.39 is 0 Å². The van der Waals surface area contributed by atoms with Crippen LogP contribution in [-0.4, -0.2) is 29.0 Å². The van der Waals surface area contributed by atoms with Crippen molar-refractivity contribution < 1.29 is 9.53 Å². The predicted molar refractivity (Wildman–Crippen MR) is 74.1 cm³/mol. The van der Waals surface area contributed by atoms with Gasteiger partial charge in [-0.3, -0.25) is 4.79 Å². The van der Waals surface area contributed by atoms with Crippen molar-refractivity contribution in [3.63, 3.8) is 0 Å². The van der Waals surface area contributed by atoms with E-state index in [1.54, 1.807) is 12.4 Å². The van der Waals surface area contributed by atoms with Gasteiger partial charge in [-0.1, -0.05) is 19.8 Å². The van der Waals surface area contributed by atoms with Gasteiger partial charge in [-0.15, -0.1) is 0 Å². The van der Waals surface area contributed by atoms with Gasteiger partial charge in [-0.25, -0.2) is 9.97 Å². The Morgan fingerprint density at radius 3 is 2.63 bits per heavy atom. The fourth-order valence-electron chi connectivity index (χ4n) is 1.62. The van der Waals surface area contributed by atoms with E-state index in [1.807, 2.05) is 6.92 Å². The Bertz CT molecular complexity index is 365. The number of ether oxygens (including phenoxy) is 1. The fourth-order valence-corrected chi connectivity index (χ4v) is 1.62. The molecule has 19 heavy (non-hydrogen) atoms. The number of nitrogens with zero attached hydrogens (tertiary/aromatic N) is 2. The summed E-state index contributed by atoms with van der Waals surface area (Å²) in [5, 5.41) is 2.91. The number of rotatable bonds is 9. The van der Waals surface area contributed by atoms with E-state index in [0.29, 0.717) is 25.5 Å². The molecule has 1 amide bonds. The Hall–Kier alpha value is -1.65. The van der Waals surface area contributed by atoms with Crippen LogP contribution in [0.5, 0.6) is 6.01 Å². The third-order valence-corrected chi connectivity index (χ3v) is 2.70. The molecule has 0 saturated carbocycles. The summed E-state index contributed by atoms with van der Waals surface area (Å²) in [6.45, 7) is 5.36. The summed E-state index contributed by atoms with van der Waals surface area (Å²) in [6, 6.07) is 0.385. The molecule has 0 aliphatic rings. The van der Waals surface area contributed by atoms with E-state index >= 15 is 0 Å². The van der Waals surface area contributed by atoms with E-state index in [4.69, 9.17) is 4.74 Å². The van der Waals surface area contributed by atoms with Gasteiger partial charge >= 0.3 is 6.01 Å². The van der Waals surface area contributed by atoms with Crippen LogP contribution in [0.15, 0.2) is 12.4 Å². The first-order valence-corrected chi connectivity index (χ1v) is 6.96. The summed E-state index contributed by atoms with van der Waals surface area (Å²) in [5.74, 6) is 0.0880. The lowest BCUT2D eigenvalue weighted by molar-refractivity contribution is -0.121. The van der Waals surface area contributed by atoms with E-state index in [9.17, 15) is 4.79 Å². The number of carbonyl (C=O) groups excluding carboxylic acids is 1. The van der Waals surface area contributed by atoms with Crippen molar-refractivity contribution in [1.82, 2.24) is 15.3 Å². The smallest absolute Gasteiger partial charge is 0.316 e. The largest absolute Gasteiger partial charge is 0.464 e. The van der Waals surface area contributed by atoms with Gasteiger partial charge in [0.05, 0.1) is 6.61 Å². The molecule has 0 aliphatic heterocycles. The van der Waals surface area contributed by atoms with Gasteiger partial charge in [-0.2, -0.15) is 0 Å². The van der Waals surface area contributed by atoms with Crippen LogP contribution in [-0.2, 0) is 11.2 Å². The van der Waals surface area contributed by atoms with Crippen molar-refractivity contribution in [3.05, 3.63) is 18.0 Å². The lowest BCUT2D eigenvalue weighted by Crippen LogP contribution is -2.24. The quantitative estimate of drug-likeness (QED) is 0.695. The molecule has 0 fully saturated rings. The molecule has 0 spiro atoms. The Labute approximate surface area is 114 Å². The van der Waals surface area contributed by atoms with Crippen LogP contribution >= 0.6 is 0 Å². The lowest BCUT2D eigenvalue weighted by atomic mass is 10.2. The minimum absolute atomic E-state index is 0.0880. The third-order valence-electron chi connectivity index (χ3n) is 2.70. The number of carbonyl (C=O) groups is 1.